The molecule has 1 aliphatic carbocycles. The van der Waals surface area contributed by atoms with E-state index in [2.05, 4.69) is 10.4 Å². The molecule has 1 heterocycles. The molecule has 106 valence electrons. The molecule has 1 unspecified atom stereocenters. The minimum absolute atomic E-state index is 0.496. The van der Waals surface area contributed by atoms with Gasteiger partial charge >= 0.3 is 5.97 Å². The molecular formula is C14H23N3O2. The third-order valence-corrected chi connectivity index (χ3v) is 4.20. The van der Waals surface area contributed by atoms with E-state index in [9.17, 15) is 9.90 Å². The number of aliphatic carboxylic acids is 1. The fourth-order valence-electron chi connectivity index (χ4n) is 2.48. The molecule has 5 heteroatoms. The maximum atomic E-state index is 11.2. The number of carboxylic acid groups (broad SMARTS) is 1. The van der Waals surface area contributed by atoms with Crippen LogP contribution in [-0.4, -0.2) is 26.4 Å². The van der Waals surface area contributed by atoms with E-state index >= 15 is 0 Å². The van der Waals surface area contributed by atoms with Gasteiger partial charge in [0.15, 0.2) is 0 Å². The van der Waals surface area contributed by atoms with Crippen LogP contribution in [-0.2, 0) is 11.3 Å². The van der Waals surface area contributed by atoms with E-state index in [4.69, 9.17) is 0 Å². The van der Waals surface area contributed by atoms with Crippen LogP contribution in [0.5, 0.6) is 0 Å². The summed E-state index contributed by atoms with van der Waals surface area (Å²) in [5, 5.41) is 16.8. The Balaban J connectivity index is 1.94. The van der Waals surface area contributed by atoms with E-state index in [1.165, 1.54) is 25.7 Å². The van der Waals surface area contributed by atoms with E-state index in [0.717, 1.165) is 5.69 Å². The zero-order valence-electron chi connectivity index (χ0n) is 11.7. The van der Waals surface area contributed by atoms with Crippen molar-refractivity contribution >= 4 is 5.97 Å². The van der Waals surface area contributed by atoms with Gasteiger partial charge in [-0.3, -0.25) is 14.8 Å². The summed E-state index contributed by atoms with van der Waals surface area (Å²) in [5.74, 6) is -0.815. The molecule has 0 spiro atoms. The largest absolute Gasteiger partial charge is 0.480 e. The standard InChI is InChI=1S/C14H23N3O2/c1-3-14(2,13(18)19)15-10-11-8-9-17(16-11)12-6-4-5-7-12/h8-9,12,15H,3-7,10H2,1-2H3,(H,18,19). The first kappa shape index (κ1) is 14.1. The Hall–Kier alpha value is -1.36. The molecule has 1 atom stereocenters. The predicted molar refractivity (Wildman–Crippen MR) is 72.9 cm³/mol. The first-order valence-corrected chi connectivity index (χ1v) is 7.07. The predicted octanol–water partition coefficient (Wildman–Crippen LogP) is 2.34. The van der Waals surface area contributed by atoms with Gasteiger partial charge in [-0.25, -0.2) is 0 Å². The van der Waals surface area contributed by atoms with Crippen LogP contribution in [0, 0.1) is 0 Å². The number of carbonyl (C=O) groups is 1. The van der Waals surface area contributed by atoms with Crippen LogP contribution < -0.4 is 5.32 Å². The summed E-state index contributed by atoms with van der Waals surface area (Å²) in [6.07, 6.45) is 7.53. The molecule has 0 aromatic carbocycles. The second kappa shape index (κ2) is 5.74. The number of hydrogen-bond acceptors (Lipinski definition) is 3. The fourth-order valence-corrected chi connectivity index (χ4v) is 2.48. The maximum Gasteiger partial charge on any atom is 0.323 e. The average Bonchev–Trinajstić information content (AvgIpc) is 3.05. The highest BCUT2D eigenvalue weighted by Gasteiger charge is 2.30. The lowest BCUT2D eigenvalue weighted by Gasteiger charge is -2.24. The van der Waals surface area contributed by atoms with Crippen molar-refractivity contribution in [1.82, 2.24) is 15.1 Å². The number of rotatable bonds is 6. The van der Waals surface area contributed by atoms with Crippen LogP contribution in [0.25, 0.3) is 0 Å². The molecule has 19 heavy (non-hydrogen) atoms. The van der Waals surface area contributed by atoms with Crippen LogP contribution in [0.15, 0.2) is 12.3 Å². The third kappa shape index (κ3) is 3.15. The van der Waals surface area contributed by atoms with Crippen LogP contribution >= 0.6 is 0 Å². The van der Waals surface area contributed by atoms with Gasteiger partial charge in [0.25, 0.3) is 0 Å². The fraction of sp³-hybridized carbons (Fsp3) is 0.714. The summed E-state index contributed by atoms with van der Waals surface area (Å²) in [4.78, 5) is 11.2. The van der Waals surface area contributed by atoms with Crippen molar-refractivity contribution in [2.45, 2.75) is 64.1 Å². The summed E-state index contributed by atoms with van der Waals surface area (Å²) in [7, 11) is 0. The molecule has 5 nitrogen and oxygen atoms in total. The van der Waals surface area contributed by atoms with Gasteiger partial charge < -0.3 is 5.11 Å². The second-order valence-electron chi connectivity index (χ2n) is 5.57. The molecule has 1 aromatic heterocycles. The molecule has 1 aromatic rings. The zero-order chi connectivity index (χ0) is 13.9. The van der Waals surface area contributed by atoms with Gasteiger partial charge in [-0.2, -0.15) is 5.10 Å². The molecule has 2 rings (SSSR count). The zero-order valence-corrected chi connectivity index (χ0v) is 11.7. The maximum absolute atomic E-state index is 11.2. The lowest BCUT2D eigenvalue weighted by Crippen LogP contribution is -2.48. The van der Waals surface area contributed by atoms with Gasteiger partial charge in [-0.05, 0) is 32.3 Å². The summed E-state index contributed by atoms with van der Waals surface area (Å²) < 4.78 is 2.04. The van der Waals surface area contributed by atoms with Crippen LogP contribution in [0.2, 0.25) is 0 Å². The van der Waals surface area contributed by atoms with E-state index in [-0.39, 0.29) is 0 Å². The monoisotopic (exact) mass is 265 g/mol. The number of nitrogens with zero attached hydrogens (tertiary/aromatic N) is 2. The van der Waals surface area contributed by atoms with Gasteiger partial charge in [0, 0.05) is 12.7 Å². The van der Waals surface area contributed by atoms with Crippen LogP contribution in [0.4, 0.5) is 0 Å². The molecule has 0 bridgehead atoms. The molecule has 0 aliphatic heterocycles. The smallest absolute Gasteiger partial charge is 0.323 e. The van der Waals surface area contributed by atoms with E-state index < -0.39 is 11.5 Å². The van der Waals surface area contributed by atoms with Gasteiger partial charge in [-0.1, -0.05) is 19.8 Å². The van der Waals surface area contributed by atoms with E-state index in [1.54, 1.807) is 6.92 Å². The Bertz CT molecular complexity index is 438. The Morgan fingerprint density at radius 2 is 2.26 bits per heavy atom. The molecule has 0 saturated heterocycles. The van der Waals surface area contributed by atoms with E-state index in [0.29, 0.717) is 19.0 Å². The summed E-state index contributed by atoms with van der Waals surface area (Å²) >= 11 is 0. The Kier molecular flexibility index (Phi) is 4.24. The quantitative estimate of drug-likeness (QED) is 0.828. The molecule has 1 aliphatic rings. The lowest BCUT2D eigenvalue weighted by molar-refractivity contribution is -0.144. The van der Waals surface area contributed by atoms with Crippen molar-refractivity contribution < 1.29 is 9.90 Å². The van der Waals surface area contributed by atoms with Gasteiger partial charge in [0.05, 0.1) is 11.7 Å². The van der Waals surface area contributed by atoms with Crippen molar-refractivity contribution in [2.75, 3.05) is 0 Å². The molecule has 1 saturated carbocycles. The minimum Gasteiger partial charge on any atom is -0.480 e. The number of hydrogen-bond donors (Lipinski definition) is 2. The van der Waals surface area contributed by atoms with Crippen molar-refractivity contribution in [3.8, 4) is 0 Å². The minimum atomic E-state index is -0.878. The lowest BCUT2D eigenvalue weighted by atomic mass is 9.99. The first-order valence-electron chi connectivity index (χ1n) is 7.07. The second-order valence-corrected chi connectivity index (χ2v) is 5.57. The van der Waals surface area contributed by atoms with Crippen LogP contribution in [0.1, 0.15) is 57.7 Å². The Labute approximate surface area is 114 Å². The molecule has 1 fully saturated rings. The van der Waals surface area contributed by atoms with Crippen LogP contribution in [0.3, 0.4) is 0 Å². The van der Waals surface area contributed by atoms with Gasteiger partial charge in [0.1, 0.15) is 5.54 Å². The summed E-state index contributed by atoms with van der Waals surface area (Å²) in [5.41, 5.74) is 0.0322. The summed E-state index contributed by atoms with van der Waals surface area (Å²) in [6.45, 7) is 4.08. The number of carboxylic acids is 1. The van der Waals surface area contributed by atoms with Crippen molar-refractivity contribution in [2.24, 2.45) is 0 Å². The Morgan fingerprint density at radius 3 is 2.84 bits per heavy atom. The molecule has 2 N–H and O–H groups in total. The summed E-state index contributed by atoms with van der Waals surface area (Å²) in [6, 6.07) is 2.51. The molecule has 0 amide bonds. The highest BCUT2D eigenvalue weighted by Crippen LogP contribution is 2.28. The molecule has 0 radical (unpaired) electrons. The normalized spacial score (nSPS) is 19.5. The van der Waals surface area contributed by atoms with Crippen molar-refractivity contribution in [3.63, 3.8) is 0 Å². The van der Waals surface area contributed by atoms with Crippen molar-refractivity contribution in [1.29, 1.82) is 0 Å². The Morgan fingerprint density at radius 1 is 1.58 bits per heavy atom. The topological polar surface area (TPSA) is 67.2 Å². The molecular weight excluding hydrogens is 242 g/mol. The van der Waals surface area contributed by atoms with E-state index in [1.807, 2.05) is 23.9 Å². The number of nitrogens with one attached hydrogen (secondary N) is 1. The van der Waals surface area contributed by atoms with Gasteiger partial charge in [-0.15, -0.1) is 0 Å². The van der Waals surface area contributed by atoms with Gasteiger partial charge in [0.2, 0.25) is 0 Å². The third-order valence-electron chi connectivity index (χ3n) is 4.20. The SMILES string of the molecule is CCC(C)(NCc1ccn(C2CCCC2)n1)C(=O)O. The van der Waals surface area contributed by atoms with Crippen molar-refractivity contribution in [3.05, 3.63) is 18.0 Å². The number of aromatic nitrogens is 2. The highest BCUT2D eigenvalue weighted by atomic mass is 16.4. The highest BCUT2D eigenvalue weighted by molar-refractivity contribution is 5.78. The average molecular weight is 265 g/mol. The first-order chi connectivity index (χ1) is 9.05.